The van der Waals surface area contributed by atoms with Crippen LogP contribution in [0.25, 0.3) is 0 Å². The Morgan fingerprint density at radius 3 is 2.81 bits per heavy atom. The van der Waals surface area contributed by atoms with Gasteiger partial charge in [0.1, 0.15) is 5.15 Å². The third-order valence-corrected chi connectivity index (χ3v) is 1.94. The molecule has 2 aromatic heterocycles. The quantitative estimate of drug-likeness (QED) is 0.756. The number of nitrogens with two attached hydrogens (primary N) is 1. The van der Waals surface area contributed by atoms with Gasteiger partial charge in [-0.3, -0.25) is 4.79 Å². The number of pyridine rings is 1. The van der Waals surface area contributed by atoms with E-state index < -0.39 is 5.91 Å². The molecule has 0 spiro atoms. The zero-order valence-electron chi connectivity index (χ0n) is 7.85. The summed E-state index contributed by atoms with van der Waals surface area (Å²) in [6, 6.07) is 3.14. The van der Waals surface area contributed by atoms with Crippen molar-refractivity contribution in [2.24, 2.45) is 0 Å². The van der Waals surface area contributed by atoms with Gasteiger partial charge in [0, 0.05) is 0 Å². The molecule has 7 nitrogen and oxygen atoms in total. The average molecular weight is 240 g/mol. The number of halogens is 1. The van der Waals surface area contributed by atoms with E-state index in [1.165, 1.54) is 6.20 Å². The molecule has 0 unspecified atom stereocenters. The number of nitrogens with one attached hydrogen (secondary N) is 1. The summed E-state index contributed by atoms with van der Waals surface area (Å²) in [7, 11) is 0. The van der Waals surface area contributed by atoms with Crippen molar-refractivity contribution in [2.75, 3.05) is 11.1 Å². The summed E-state index contributed by atoms with van der Waals surface area (Å²) in [5.74, 6) is -0.595. The van der Waals surface area contributed by atoms with Crippen molar-refractivity contribution in [3.05, 3.63) is 29.2 Å². The number of hydrogen-bond acceptors (Lipinski definition) is 6. The summed E-state index contributed by atoms with van der Waals surface area (Å²) in [6.45, 7) is 0. The minimum atomic E-state index is -0.525. The molecule has 2 aromatic rings. The minimum Gasteiger partial charge on any atom is -0.379 e. The van der Waals surface area contributed by atoms with Crippen LogP contribution in [0, 0.1) is 0 Å². The van der Waals surface area contributed by atoms with Gasteiger partial charge in [-0.2, -0.15) is 0 Å². The number of rotatable bonds is 2. The highest BCUT2D eigenvalue weighted by atomic mass is 35.5. The Morgan fingerprint density at radius 1 is 1.44 bits per heavy atom. The Morgan fingerprint density at radius 2 is 2.25 bits per heavy atom. The smallest absolute Gasteiger partial charge is 0.281 e. The second-order valence-corrected chi connectivity index (χ2v) is 3.21. The maximum Gasteiger partial charge on any atom is 0.281 e. The third-order valence-electron chi connectivity index (χ3n) is 1.71. The number of anilines is 2. The highest BCUT2D eigenvalue weighted by Gasteiger charge is 2.15. The van der Waals surface area contributed by atoms with Crippen LogP contribution >= 0.6 is 11.6 Å². The Balaban J connectivity index is 2.14. The van der Waals surface area contributed by atoms with Gasteiger partial charge >= 0.3 is 0 Å². The van der Waals surface area contributed by atoms with Crippen LogP contribution in [0.15, 0.2) is 23.0 Å². The molecule has 2 rings (SSSR count). The van der Waals surface area contributed by atoms with Crippen LogP contribution in [0.2, 0.25) is 5.15 Å². The van der Waals surface area contributed by atoms with Gasteiger partial charge in [0.05, 0.1) is 11.9 Å². The molecule has 0 aromatic carbocycles. The second kappa shape index (κ2) is 4.15. The summed E-state index contributed by atoms with van der Waals surface area (Å²) in [5, 5.41) is 9.49. The van der Waals surface area contributed by atoms with E-state index in [-0.39, 0.29) is 11.5 Å². The van der Waals surface area contributed by atoms with Crippen LogP contribution in [0.1, 0.15) is 10.5 Å². The molecular formula is C8H6ClN5O2. The van der Waals surface area contributed by atoms with Crippen molar-refractivity contribution in [1.82, 2.24) is 15.3 Å². The van der Waals surface area contributed by atoms with Crippen molar-refractivity contribution in [3.63, 3.8) is 0 Å². The molecule has 2 heterocycles. The Labute approximate surface area is 94.6 Å². The largest absolute Gasteiger partial charge is 0.379 e. The summed E-state index contributed by atoms with van der Waals surface area (Å²) in [6.07, 6.45) is 1.41. The van der Waals surface area contributed by atoms with Crippen LogP contribution in [0.4, 0.5) is 11.5 Å². The standard InChI is InChI=1S/C8H6ClN5O2/c9-5-2-1-4(3-11-5)12-8(15)6-7(10)14-16-13-6/h1-3H,(H2,10,14)(H,12,15). The zero-order chi connectivity index (χ0) is 11.5. The van der Waals surface area contributed by atoms with Crippen molar-refractivity contribution in [1.29, 1.82) is 0 Å². The Kier molecular flexibility index (Phi) is 2.69. The van der Waals surface area contributed by atoms with Gasteiger partial charge in [-0.15, -0.1) is 0 Å². The first kappa shape index (κ1) is 10.4. The second-order valence-electron chi connectivity index (χ2n) is 2.82. The van der Waals surface area contributed by atoms with Gasteiger partial charge in [-0.05, 0) is 22.4 Å². The van der Waals surface area contributed by atoms with E-state index in [1.807, 2.05) is 0 Å². The first-order chi connectivity index (χ1) is 7.66. The highest BCUT2D eigenvalue weighted by Crippen LogP contribution is 2.12. The fourth-order valence-corrected chi connectivity index (χ4v) is 1.10. The summed E-state index contributed by atoms with van der Waals surface area (Å²) < 4.78 is 4.30. The lowest BCUT2D eigenvalue weighted by Crippen LogP contribution is -2.14. The molecule has 0 aliphatic heterocycles. The summed E-state index contributed by atoms with van der Waals surface area (Å²) in [4.78, 5) is 15.4. The van der Waals surface area contributed by atoms with Gasteiger partial charge in [-0.25, -0.2) is 9.61 Å². The molecule has 0 saturated heterocycles. The highest BCUT2D eigenvalue weighted by molar-refractivity contribution is 6.29. The molecule has 16 heavy (non-hydrogen) atoms. The molecule has 1 amide bonds. The predicted molar refractivity (Wildman–Crippen MR) is 55.9 cm³/mol. The number of carbonyl (C=O) groups is 1. The maximum absolute atomic E-state index is 11.6. The minimum absolute atomic E-state index is 0.0700. The summed E-state index contributed by atoms with van der Waals surface area (Å²) >= 11 is 5.59. The van der Waals surface area contributed by atoms with E-state index in [4.69, 9.17) is 17.3 Å². The SMILES string of the molecule is Nc1nonc1C(=O)Nc1ccc(Cl)nc1. The van der Waals surface area contributed by atoms with Crippen LogP contribution < -0.4 is 11.1 Å². The van der Waals surface area contributed by atoms with Crippen molar-refractivity contribution < 1.29 is 9.42 Å². The Hall–Kier alpha value is -2.15. The van der Waals surface area contributed by atoms with E-state index in [9.17, 15) is 4.79 Å². The lowest BCUT2D eigenvalue weighted by molar-refractivity contribution is 0.101. The molecule has 0 saturated carbocycles. The van der Waals surface area contributed by atoms with E-state index in [1.54, 1.807) is 12.1 Å². The lowest BCUT2D eigenvalue weighted by atomic mass is 10.3. The average Bonchev–Trinajstić information content (AvgIpc) is 2.68. The topological polar surface area (TPSA) is 107 Å². The fourth-order valence-electron chi connectivity index (χ4n) is 0.993. The number of aromatic nitrogens is 3. The fraction of sp³-hybridized carbons (Fsp3) is 0. The van der Waals surface area contributed by atoms with Crippen LogP contribution in [0.3, 0.4) is 0 Å². The van der Waals surface area contributed by atoms with Gasteiger partial charge in [-0.1, -0.05) is 11.6 Å². The molecule has 0 aliphatic carbocycles. The Bertz CT molecular complexity index is 509. The third kappa shape index (κ3) is 2.09. The number of nitrogen functional groups attached to an aromatic ring is 1. The maximum atomic E-state index is 11.6. The van der Waals surface area contributed by atoms with Gasteiger partial charge in [0.25, 0.3) is 5.91 Å². The molecule has 3 N–H and O–H groups in total. The van der Waals surface area contributed by atoms with E-state index >= 15 is 0 Å². The number of nitrogens with zero attached hydrogens (tertiary/aromatic N) is 3. The van der Waals surface area contributed by atoms with Crippen molar-refractivity contribution >= 4 is 29.0 Å². The van der Waals surface area contributed by atoms with E-state index in [2.05, 4.69) is 25.2 Å². The van der Waals surface area contributed by atoms with E-state index in [0.29, 0.717) is 10.8 Å². The van der Waals surface area contributed by atoms with Crippen LogP contribution in [-0.2, 0) is 0 Å². The molecule has 8 heteroatoms. The monoisotopic (exact) mass is 239 g/mol. The van der Waals surface area contributed by atoms with Crippen LogP contribution in [-0.4, -0.2) is 21.2 Å². The van der Waals surface area contributed by atoms with Gasteiger partial charge < -0.3 is 11.1 Å². The first-order valence-electron chi connectivity index (χ1n) is 4.18. The number of carbonyl (C=O) groups excluding carboxylic acids is 1. The van der Waals surface area contributed by atoms with Gasteiger partial charge in [0.2, 0.25) is 11.5 Å². The van der Waals surface area contributed by atoms with Crippen molar-refractivity contribution in [2.45, 2.75) is 0 Å². The predicted octanol–water partition coefficient (Wildman–Crippen LogP) is 0.952. The van der Waals surface area contributed by atoms with E-state index in [0.717, 1.165) is 0 Å². The molecule has 0 fully saturated rings. The molecule has 82 valence electrons. The van der Waals surface area contributed by atoms with Crippen LogP contribution in [0.5, 0.6) is 0 Å². The number of hydrogen-bond donors (Lipinski definition) is 2. The molecule has 0 radical (unpaired) electrons. The number of amides is 1. The molecular weight excluding hydrogens is 234 g/mol. The summed E-state index contributed by atoms with van der Waals surface area (Å²) in [5.41, 5.74) is 5.75. The molecule has 0 atom stereocenters. The first-order valence-corrected chi connectivity index (χ1v) is 4.55. The molecule has 0 aliphatic rings. The lowest BCUT2D eigenvalue weighted by Gasteiger charge is -2.01. The zero-order valence-corrected chi connectivity index (χ0v) is 8.60. The van der Waals surface area contributed by atoms with Crippen molar-refractivity contribution in [3.8, 4) is 0 Å². The molecule has 0 bridgehead atoms. The van der Waals surface area contributed by atoms with Gasteiger partial charge in [0.15, 0.2) is 0 Å². The normalized spacial score (nSPS) is 10.1.